The van der Waals surface area contributed by atoms with Gasteiger partial charge in [0, 0.05) is 10.6 Å². The molecule has 112 valence electrons. The van der Waals surface area contributed by atoms with Crippen LogP contribution in [0.4, 0.5) is 0 Å². The number of aromatic amines is 1. The molecule has 0 unspecified atom stereocenters. The first kappa shape index (κ1) is 14.8. The second-order valence-electron chi connectivity index (χ2n) is 5.28. The first-order valence-electron chi connectivity index (χ1n) is 7.21. The molecule has 22 heavy (non-hydrogen) atoms. The fourth-order valence-electron chi connectivity index (χ4n) is 2.49. The third-order valence-corrected chi connectivity index (χ3v) is 4.07. The van der Waals surface area contributed by atoms with Gasteiger partial charge < -0.3 is 10.3 Å². The average molecular weight is 315 g/mol. The number of nitrogens with two attached hydrogens (primary N) is 1. The van der Waals surface area contributed by atoms with Crippen molar-refractivity contribution in [3.63, 3.8) is 0 Å². The highest BCUT2D eigenvalue weighted by molar-refractivity contribution is 6.31. The van der Waals surface area contributed by atoms with Gasteiger partial charge in [-0.2, -0.15) is 0 Å². The Balaban J connectivity index is 1.79. The van der Waals surface area contributed by atoms with Gasteiger partial charge in [0.05, 0.1) is 10.9 Å². The minimum atomic E-state index is -0.0978. The fourth-order valence-corrected chi connectivity index (χ4v) is 2.80. The van der Waals surface area contributed by atoms with Crippen LogP contribution in [-0.2, 0) is 6.54 Å². The molecule has 2 aromatic carbocycles. The molecule has 0 spiro atoms. The van der Waals surface area contributed by atoms with Crippen molar-refractivity contribution in [1.29, 1.82) is 0 Å². The summed E-state index contributed by atoms with van der Waals surface area (Å²) in [4.78, 5) is 19.4. The molecule has 3 N–H and O–H groups in total. The van der Waals surface area contributed by atoms with E-state index in [9.17, 15) is 4.79 Å². The Morgan fingerprint density at radius 2 is 1.91 bits per heavy atom. The van der Waals surface area contributed by atoms with Gasteiger partial charge in [-0.25, -0.2) is 4.98 Å². The Morgan fingerprint density at radius 3 is 2.73 bits per heavy atom. The summed E-state index contributed by atoms with van der Waals surface area (Å²) in [6.07, 6.45) is 0. The summed E-state index contributed by atoms with van der Waals surface area (Å²) >= 11 is 6.21. The number of halogens is 1. The van der Waals surface area contributed by atoms with Gasteiger partial charge in [0.15, 0.2) is 5.82 Å². The van der Waals surface area contributed by atoms with E-state index < -0.39 is 0 Å². The van der Waals surface area contributed by atoms with E-state index in [0.29, 0.717) is 17.8 Å². The van der Waals surface area contributed by atoms with Crippen molar-refractivity contribution in [1.82, 2.24) is 9.97 Å². The van der Waals surface area contributed by atoms with Crippen LogP contribution in [-0.4, -0.2) is 9.97 Å². The maximum atomic E-state index is 12.0. The van der Waals surface area contributed by atoms with E-state index in [1.165, 1.54) is 0 Å². The zero-order chi connectivity index (χ0) is 15.5. The standard InChI is InChI=1S/C17H16ClN3O/c1-11(12-6-2-4-8-14(12)18)19-10-16-20-15-9-5-3-7-13(15)17(22)21-16/h2-9,11,19H,10H2,1H3,(H,20,21,22)/p+1/t11-/m1/s1. The van der Waals surface area contributed by atoms with E-state index in [1.807, 2.05) is 42.5 Å². The predicted octanol–water partition coefficient (Wildman–Crippen LogP) is 2.40. The van der Waals surface area contributed by atoms with Crippen molar-refractivity contribution >= 4 is 22.5 Å². The number of para-hydroxylation sites is 1. The maximum Gasteiger partial charge on any atom is 0.258 e. The highest BCUT2D eigenvalue weighted by Gasteiger charge is 2.13. The number of nitrogens with one attached hydrogen (secondary N) is 1. The molecule has 0 aliphatic carbocycles. The highest BCUT2D eigenvalue weighted by Crippen LogP contribution is 2.19. The molecule has 0 radical (unpaired) electrons. The van der Waals surface area contributed by atoms with E-state index in [-0.39, 0.29) is 11.6 Å². The Labute approximate surface area is 133 Å². The summed E-state index contributed by atoms with van der Waals surface area (Å²) in [5, 5.41) is 3.48. The van der Waals surface area contributed by atoms with Gasteiger partial charge >= 0.3 is 0 Å². The normalized spacial score (nSPS) is 12.5. The third-order valence-electron chi connectivity index (χ3n) is 3.72. The summed E-state index contributed by atoms with van der Waals surface area (Å²) in [6.45, 7) is 2.67. The molecular formula is C17H17ClN3O+. The Kier molecular flexibility index (Phi) is 4.22. The number of nitrogens with zero attached hydrogens (tertiary/aromatic N) is 1. The van der Waals surface area contributed by atoms with Crippen molar-refractivity contribution in [2.45, 2.75) is 19.5 Å². The maximum absolute atomic E-state index is 12.0. The zero-order valence-electron chi connectivity index (χ0n) is 12.2. The first-order chi connectivity index (χ1) is 10.6. The SMILES string of the molecule is C[C@@H]([NH2+]Cc1nc2ccccc2c(=O)[nH]1)c1ccccc1Cl. The number of rotatable bonds is 4. The quantitative estimate of drug-likeness (QED) is 0.777. The topological polar surface area (TPSA) is 62.4 Å². The molecule has 0 aliphatic rings. The number of hydrogen-bond acceptors (Lipinski definition) is 2. The first-order valence-corrected chi connectivity index (χ1v) is 7.58. The van der Waals surface area contributed by atoms with E-state index in [2.05, 4.69) is 22.2 Å². The lowest BCUT2D eigenvalue weighted by molar-refractivity contribution is -0.708. The second kappa shape index (κ2) is 6.30. The monoisotopic (exact) mass is 314 g/mol. The Morgan fingerprint density at radius 1 is 1.18 bits per heavy atom. The predicted molar refractivity (Wildman–Crippen MR) is 87.9 cm³/mol. The second-order valence-corrected chi connectivity index (χ2v) is 5.69. The highest BCUT2D eigenvalue weighted by atomic mass is 35.5. The zero-order valence-corrected chi connectivity index (χ0v) is 13.0. The summed E-state index contributed by atoms with van der Waals surface area (Å²) in [5.74, 6) is 0.669. The van der Waals surface area contributed by atoms with E-state index in [1.54, 1.807) is 6.07 Å². The largest absolute Gasteiger partial charge is 0.334 e. The van der Waals surface area contributed by atoms with Crippen LogP contribution in [0.25, 0.3) is 10.9 Å². The third kappa shape index (κ3) is 3.03. The Hall–Kier alpha value is -2.17. The molecule has 1 heterocycles. The van der Waals surface area contributed by atoms with Crippen molar-refractivity contribution in [2.24, 2.45) is 0 Å². The van der Waals surface area contributed by atoms with Crippen LogP contribution >= 0.6 is 11.6 Å². The van der Waals surface area contributed by atoms with Crippen molar-refractivity contribution < 1.29 is 5.32 Å². The van der Waals surface area contributed by atoms with Gasteiger partial charge in [-0.15, -0.1) is 0 Å². The number of fused-ring (bicyclic) bond motifs is 1. The summed E-state index contributed by atoms with van der Waals surface area (Å²) in [5.41, 5.74) is 1.70. The molecule has 1 atom stereocenters. The van der Waals surface area contributed by atoms with E-state index in [0.717, 1.165) is 16.1 Å². The molecule has 3 rings (SSSR count). The van der Waals surface area contributed by atoms with Crippen molar-refractivity contribution in [3.8, 4) is 0 Å². The van der Waals surface area contributed by atoms with Crippen LogP contribution in [0, 0.1) is 0 Å². The lowest BCUT2D eigenvalue weighted by Crippen LogP contribution is -2.83. The van der Waals surface area contributed by atoms with Crippen LogP contribution in [0.3, 0.4) is 0 Å². The molecule has 0 amide bonds. The number of hydrogen-bond donors (Lipinski definition) is 2. The van der Waals surface area contributed by atoms with E-state index in [4.69, 9.17) is 11.6 Å². The minimum Gasteiger partial charge on any atom is -0.334 e. The molecule has 0 bridgehead atoms. The summed E-state index contributed by atoms with van der Waals surface area (Å²) in [7, 11) is 0. The molecule has 0 fully saturated rings. The van der Waals surface area contributed by atoms with Crippen LogP contribution in [0.5, 0.6) is 0 Å². The molecule has 0 aliphatic heterocycles. The lowest BCUT2D eigenvalue weighted by Gasteiger charge is -2.12. The van der Waals surface area contributed by atoms with Gasteiger partial charge in [-0.3, -0.25) is 4.79 Å². The smallest absolute Gasteiger partial charge is 0.258 e. The Bertz CT molecular complexity index is 860. The van der Waals surface area contributed by atoms with Crippen molar-refractivity contribution in [3.05, 3.63) is 75.3 Å². The summed E-state index contributed by atoms with van der Waals surface area (Å²) in [6, 6.07) is 15.3. The van der Waals surface area contributed by atoms with Gasteiger partial charge in [0.2, 0.25) is 0 Å². The molecule has 3 aromatic rings. The molecule has 0 saturated carbocycles. The van der Waals surface area contributed by atoms with Crippen LogP contribution in [0.15, 0.2) is 53.3 Å². The molecule has 5 heteroatoms. The average Bonchev–Trinajstić information content (AvgIpc) is 2.53. The van der Waals surface area contributed by atoms with E-state index >= 15 is 0 Å². The van der Waals surface area contributed by atoms with Crippen molar-refractivity contribution in [2.75, 3.05) is 0 Å². The molecule has 1 aromatic heterocycles. The number of aromatic nitrogens is 2. The number of benzene rings is 2. The van der Waals surface area contributed by atoms with Gasteiger partial charge in [-0.1, -0.05) is 41.9 Å². The minimum absolute atomic E-state index is 0.0978. The number of H-pyrrole nitrogens is 1. The van der Waals surface area contributed by atoms with Gasteiger partial charge in [0.1, 0.15) is 12.6 Å². The molecular weight excluding hydrogens is 298 g/mol. The van der Waals surface area contributed by atoms with Gasteiger partial charge in [-0.05, 0) is 25.1 Å². The van der Waals surface area contributed by atoms with Crippen LogP contribution in [0.2, 0.25) is 5.02 Å². The lowest BCUT2D eigenvalue weighted by atomic mass is 10.1. The van der Waals surface area contributed by atoms with Crippen LogP contribution < -0.4 is 10.9 Å². The van der Waals surface area contributed by atoms with Gasteiger partial charge in [0.25, 0.3) is 5.56 Å². The summed E-state index contributed by atoms with van der Waals surface area (Å²) < 4.78 is 0. The molecule has 0 saturated heterocycles. The van der Waals surface area contributed by atoms with Crippen LogP contribution in [0.1, 0.15) is 24.4 Å². The molecule has 4 nitrogen and oxygen atoms in total. The fraction of sp³-hybridized carbons (Fsp3) is 0.176. The number of quaternary nitrogens is 1.